The molecule has 0 aliphatic carbocycles. The molecule has 1 saturated heterocycles. The molecule has 1 aromatic carbocycles. The fourth-order valence-electron chi connectivity index (χ4n) is 3.25. The molecule has 0 spiro atoms. The Labute approximate surface area is 148 Å². The van der Waals surface area contributed by atoms with Gasteiger partial charge < -0.3 is 20.3 Å². The number of hydrogen-bond acceptors (Lipinski definition) is 4. The Morgan fingerprint density at radius 3 is 2.88 bits per heavy atom. The van der Waals surface area contributed by atoms with E-state index in [1.54, 1.807) is 11.8 Å². The van der Waals surface area contributed by atoms with Crippen molar-refractivity contribution in [1.82, 2.24) is 5.32 Å². The summed E-state index contributed by atoms with van der Waals surface area (Å²) in [5, 5.41) is 6.13. The van der Waals surface area contributed by atoms with Gasteiger partial charge in [-0.05, 0) is 43.5 Å². The van der Waals surface area contributed by atoms with Crippen LogP contribution in [-0.2, 0) is 20.7 Å². The maximum absolute atomic E-state index is 12.4. The van der Waals surface area contributed by atoms with Gasteiger partial charge >= 0.3 is 0 Å². The highest BCUT2D eigenvalue weighted by Gasteiger charge is 2.28. The highest BCUT2D eigenvalue weighted by atomic mass is 35.5. The monoisotopic (exact) mass is 353 g/mol. The minimum Gasteiger partial charge on any atom is -0.375 e. The number of nitrogens with zero attached hydrogens (tertiary/aromatic N) is 1. The van der Waals surface area contributed by atoms with E-state index < -0.39 is 0 Å². The van der Waals surface area contributed by atoms with Crippen LogP contribution in [0.25, 0.3) is 0 Å². The highest BCUT2D eigenvalue weighted by Crippen LogP contribution is 2.29. The lowest BCUT2D eigenvalue weighted by Crippen LogP contribution is -2.53. The fraction of sp³-hybridized carbons (Fsp3) is 0.529. The summed E-state index contributed by atoms with van der Waals surface area (Å²) in [7, 11) is 0. The van der Waals surface area contributed by atoms with Gasteiger partial charge in [0, 0.05) is 31.4 Å². The molecule has 3 rings (SSSR count). The number of anilines is 2. The summed E-state index contributed by atoms with van der Waals surface area (Å²) in [4.78, 5) is 25.9. The molecule has 0 unspecified atom stereocenters. The van der Waals surface area contributed by atoms with Gasteiger partial charge in [0.05, 0.1) is 12.7 Å². The average Bonchev–Trinajstić information content (AvgIpc) is 2.54. The molecule has 0 aromatic heterocycles. The van der Waals surface area contributed by atoms with Crippen LogP contribution in [0.5, 0.6) is 0 Å². The van der Waals surface area contributed by atoms with Crippen molar-refractivity contribution in [3.05, 3.63) is 23.8 Å². The Balaban J connectivity index is 0.00000208. The predicted octanol–water partition coefficient (Wildman–Crippen LogP) is 1.72. The summed E-state index contributed by atoms with van der Waals surface area (Å²) >= 11 is 0. The van der Waals surface area contributed by atoms with Crippen LogP contribution in [0.4, 0.5) is 11.4 Å². The molecule has 1 fully saturated rings. The van der Waals surface area contributed by atoms with E-state index in [2.05, 4.69) is 10.6 Å². The molecule has 0 saturated carbocycles. The quantitative estimate of drug-likeness (QED) is 0.849. The molecule has 7 heteroatoms. The zero-order chi connectivity index (χ0) is 16.4. The number of aryl methyl sites for hydroxylation is 1. The van der Waals surface area contributed by atoms with Gasteiger partial charge in [-0.1, -0.05) is 0 Å². The molecule has 0 bridgehead atoms. The van der Waals surface area contributed by atoms with Crippen LogP contribution in [0.2, 0.25) is 0 Å². The molecule has 0 radical (unpaired) electrons. The number of amides is 2. The lowest BCUT2D eigenvalue weighted by molar-refractivity contribution is -0.123. The van der Waals surface area contributed by atoms with Crippen molar-refractivity contribution in [2.24, 2.45) is 0 Å². The molecule has 2 N–H and O–H groups in total. The third kappa shape index (κ3) is 3.88. The Morgan fingerprint density at radius 2 is 2.17 bits per heavy atom. The van der Waals surface area contributed by atoms with Gasteiger partial charge in [-0.3, -0.25) is 9.59 Å². The third-order valence-corrected chi connectivity index (χ3v) is 4.44. The predicted molar refractivity (Wildman–Crippen MR) is 95.9 cm³/mol. The molecule has 2 aliphatic rings. The van der Waals surface area contributed by atoms with E-state index in [1.165, 1.54) is 0 Å². The summed E-state index contributed by atoms with van der Waals surface area (Å²) in [6.07, 6.45) is 1.72. The Morgan fingerprint density at radius 1 is 1.38 bits per heavy atom. The van der Waals surface area contributed by atoms with Crippen molar-refractivity contribution in [3.8, 4) is 0 Å². The molecule has 132 valence electrons. The Bertz CT molecular complexity index is 623. The second kappa shape index (κ2) is 7.96. The summed E-state index contributed by atoms with van der Waals surface area (Å²) in [6, 6.07) is 5.40. The van der Waals surface area contributed by atoms with E-state index in [-0.39, 0.29) is 36.4 Å². The number of rotatable bonds is 2. The van der Waals surface area contributed by atoms with Crippen molar-refractivity contribution in [2.45, 2.75) is 38.8 Å². The first kappa shape index (κ1) is 18.7. The molecular weight excluding hydrogens is 330 g/mol. The van der Waals surface area contributed by atoms with Crippen LogP contribution < -0.4 is 15.5 Å². The van der Waals surface area contributed by atoms with Crippen LogP contribution in [0, 0.1) is 0 Å². The number of ether oxygens (including phenoxy) is 1. The molecule has 2 amide bonds. The van der Waals surface area contributed by atoms with Crippen molar-refractivity contribution in [3.63, 3.8) is 0 Å². The topological polar surface area (TPSA) is 70.7 Å². The van der Waals surface area contributed by atoms with E-state index in [0.29, 0.717) is 13.2 Å². The van der Waals surface area contributed by atoms with E-state index in [4.69, 9.17) is 4.74 Å². The maximum atomic E-state index is 12.4. The molecule has 24 heavy (non-hydrogen) atoms. The lowest BCUT2D eigenvalue weighted by atomic mass is 10.0. The molecule has 2 aliphatic heterocycles. The number of morpholine rings is 1. The maximum Gasteiger partial charge on any atom is 0.244 e. The number of halogens is 1. The second-order valence-corrected chi connectivity index (χ2v) is 6.11. The average molecular weight is 354 g/mol. The molecule has 2 heterocycles. The van der Waals surface area contributed by atoms with Gasteiger partial charge in [-0.2, -0.15) is 0 Å². The first-order valence-electron chi connectivity index (χ1n) is 8.13. The summed E-state index contributed by atoms with van der Waals surface area (Å²) in [6.45, 7) is 5.55. The van der Waals surface area contributed by atoms with Crippen LogP contribution in [0.1, 0.15) is 25.8 Å². The van der Waals surface area contributed by atoms with Gasteiger partial charge in [-0.15, -0.1) is 12.4 Å². The Hall–Kier alpha value is -1.63. The van der Waals surface area contributed by atoms with Crippen molar-refractivity contribution in [1.29, 1.82) is 0 Å². The minimum atomic E-state index is -0.339. The molecule has 6 nitrogen and oxygen atoms in total. The zero-order valence-electron chi connectivity index (χ0n) is 14.0. The van der Waals surface area contributed by atoms with Crippen LogP contribution in [-0.4, -0.2) is 43.7 Å². The number of hydrogen-bond donors (Lipinski definition) is 2. The van der Waals surface area contributed by atoms with Gasteiger partial charge in [0.2, 0.25) is 11.8 Å². The number of nitrogens with one attached hydrogen (secondary N) is 2. The normalized spacial score (nSPS) is 23.0. The summed E-state index contributed by atoms with van der Waals surface area (Å²) in [5.41, 5.74) is 2.82. The van der Waals surface area contributed by atoms with Gasteiger partial charge in [0.15, 0.2) is 0 Å². The first-order chi connectivity index (χ1) is 11.1. The van der Waals surface area contributed by atoms with Crippen molar-refractivity contribution >= 4 is 35.6 Å². The zero-order valence-corrected chi connectivity index (χ0v) is 14.8. The number of benzene rings is 1. The largest absolute Gasteiger partial charge is 0.375 e. The van der Waals surface area contributed by atoms with Crippen LogP contribution >= 0.6 is 12.4 Å². The number of carbonyl (C=O) groups is 2. The van der Waals surface area contributed by atoms with Gasteiger partial charge in [0.25, 0.3) is 0 Å². The first-order valence-corrected chi connectivity index (χ1v) is 8.13. The highest BCUT2D eigenvalue weighted by molar-refractivity contribution is 5.97. The second-order valence-electron chi connectivity index (χ2n) is 6.11. The van der Waals surface area contributed by atoms with Crippen LogP contribution in [0.3, 0.4) is 0 Å². The number of carbonyl (C=O) groups excluding carboxylic acids is 2. The van der Waals surface area contributed by atoms with E-state index in [0.717, 1.165) is 36.3 Å². The fourth-order valence-corrected chi connectivity index (χ4v) is 3.25. The van der Waals surface area contributed by atoms with Gasteiger partial charge in [0.1, 0.15) is 6.04 Å². The SMILES string of the molecule is CC(=O)N1CCCc2cc(NC(=O)[C@H]3NCCO[C@@H]3C)ccc21.Cl. The van der Waals surface area contributed by atoms with Crippen molar-refractivity contribution < 1.29 is 14.3 Å². The van der Waals surface area contributed by atoms with Crippen molar-refractivity contribution in [2.75, 3.05) is 29.9 Å². The van der Waals surface area contributed by atoms with E-state index in [1.807, 2.05) is 25.1 Å². The van der Waals surface area contributed by atoms with E-state index in [9.17, 15) is 9.59 Å². The van der Waals surface area contributed by atoms with Gasteiger partial charge in [-0.25, -0.2) is 0 Å². The molecule has 1 aromatic rings. The summed E-state index contributed by atoms with van der Waals surface area (Å²) in [5.74, 6) is -0.0310. The Kier molecular flexibility index (Phi) is 6.21. The molecular formula is C17H24ClN3O3. The summed E-state index contributed by atoms with van der Waals surface area (Å²) < 4.78 is 5.51. The smallest absolute Gasteiger partial charge is 0.244 e. The minimum absolute atomic E-state index is 0. The van der Waals surface area contributed by atoms with E-state index >= 15 is 0 Å². The number of fused-ring (bicyclic) bond motifs is 1. The standard InChI is InChI=1S/C17H23N3O3.ClH/c1-11-16(18-7-9-23-11)17(22)19-14-5-6-15-13(10-14)4-3-8-20(15)12(2)21;/h5-6,10-11,16,18H,3-4,7-9H2,1-2H3,(H,19,22);1H/t11-,16+;/m1./s1. The third-order valence-electron chi connectivity index (χ3n) is 4.44. The lowest BCUT2D eigenvalue weighted by Gasteiger charge is -2.30. The molecule has 2 atom stereocenters. The van der Waals surface area contributed by atoms with Crippen LogP contribution in [0.15, 0.2) is 18.2 Å².